The predicted octanol–water partition coefficient (Wildman–Crippen LogP) is 1.53. The maximum Gasteiger partial charge on any atom is 0.242 e. The molecule has 0 spiro atoms. The zero-order chi connectivity index (χ0) is 20.7. The van der Waals surface area contributed by atoms with Crippen LogP contribution in [0.5, 0.6) is 0 Å². The molecule has 158 valence electrons. The Labute approximate surface area is 169 Å². The highest BCUT2D eigenvalue weighted by atomic mass is 35.5. The summed E-state index contributed by atoms with van der Waals surface area (Å²) in [4.78, 5) is 11.8. The molecule has 0 radical (unpaired) electrons. The number of hydrogen-bond donors (Lipinski definition) is 4. The third-order valence-corrected chi connectivity index (χ3v) is 6.76. The van der Waals surface area contributed by atoms with Gasteiger partial charge in [-0.15, -0.1) is 0 Å². The SMILES string of the molecule is N[C@@H](CC1CCCCC1)C(=O)NC[C@@H](O)CNS(=O)(=O)c1ccc(F)cc1Cl. The number of carbonyl (C=O) groups is 1. The number of benzene rings is 1. The van der Waals surface area contributed by atoms with Crippen LogP contribution in [0.3, 0.4) is 0 Å². The van der Waals surface area contributed by atoms with Crippen LogP contribution in [0.2, 0.25) is 5.02 Å². The minimum atomic E-state index is -4.02. The van der Waals surface area contributed by atoms with E-state index in [9.17, 15) is 22.7 Å². The number of sulfonamides is 1. The van der Waals surface area contributed by atoms with Gasteiger partial charge in [-0.1, -0.05) is 43.7 Å². The van der Waals surface area contributed by atoms with Crippen LogP contribution in [0.25, 0.3) is 0 Å². The van der Waals surface area contributed by atoms with E-state index in [0.717, 1.165) is 43.9 Å². The van der Waals surface area contributed by atoms with Gasteiger partial charge in [-0.3, -0.25) is 4.79 Å². The summed E-state index contributed by atoms with van der Waals surface area (Å²) in [5.74, 6) is -0.572. The van der Waals surface area contributed by atoms with E-state index in [1.54, 1.807) is 0 Å². The van der Waals surface area contributed by atoms with E-state index in [1.165, 1.54) is 6.42 Å². The highest BCUT2D eigenvalue weighted by molar-refractivity contribution is 7.89. The van der Waals surface area contributed by atoms with Gasteiger partial charge in [0.15, 0.2) is 0 Å². The van der Waals surface area contributed by atoms with Gasteiger partial charge in [-0.2, -0.15) is 0 Å². The Kier molecular flexibility index (Phi) is 8.63. The Morgan fingerprint density at radius 2 is 1.96 bits per heavy atom. The second-order valence-electron chi connectivity index (χ2n) is 7.17. The number of carbonyl (C=O) groups excluding carboxylic acids is 1. The fraction of sp³-hybridized carbons (Fsp3) is 0.611. The average molecular weight is 436 g/mol. The summed E-state index contributed by atoms with van der Waals surface area (Å²) in [5, 5.41) is 12.2. The van der Waals surface area contributed by atoms with Gasteiger partial charge >= 0.3 is 0 Å². The molecule has 7 nitrogen and oxygen atoms in total. The molecule has 10 heteroatoms. The standard InChI is InChI=1S/C18H27ClFN3O4S/c19-15-9-13(20)6-7-17(15)28(26,27)23-11-14(24)10-22-18(25)16(21)8-12-4-2-1-3-5-12/h6-7,9,12,14,16,23-24H,1-5,8,10-11,21H2,(H,22,25)/t14-,16+/m1/s1. The van der Waals surface area contributed by atoms with Crippen molar-refractivity contribution in [3.63, 3.8) is 0 Å². The molecule has 28 heavy (non-hydrogen) atoms. The Morgan fingerprint density at radius 1 is 1.29 bits per heavy atom. The average Bonchev–Trinajstić information content (AvgIpc) is 2.65. The maximum absolute atomic E-state index is 13.0. The first kappa shape index (κ1) is 23.0. The van der Waals surface area contributed by atoms with Crippen LogP contribution < -0.4 is 15.8 Å². The lowest BCUT2D eigenvalue weighted by atomic mass is 9.85. The molecule has 5 N–H and O–H groups in total. The third-order valence-electron chi connectivity index (χ3n) is 4.85. The smallest absolute Gasteiger partial charge is 0.242 e. The number of rotatable bonds is 9. The molecular formula is C18H27ClFN3O4S. The molecule has 1 aliphatic carbocycles. The second-order valence-corrected chi connectivity index (χ2v) is 9.31. The summed E-state index contributed by atoms with van der Waals surface area (Å²) in [6, 6.07) is 2.26. The van der Waals surface area contributed by atoms with Crippen LogP contribution in [0.1, 0.15) is 38.5 Å². The Morgan fingerprint density at radius 3 is 2.61 bits per heavy atom. The predicted molar refractivity (Wildman–Crippen MR) is 105 cm³/mol. The number of nitrogens with two attached hydrogens (primary N) is 1. The van der Waals surface area contributed by atoms with Crippen molar-refractivity contribution in [2.24, 2.45) is 11.7 Å². The van der Waals surface area contributed by atoms with Crippen LogP contribution in [0.4, 0.5) is 4.39 Å². The van der Waals surface area contributed by atoms with Gasteiger partial charge in [0.1, 0.15) is 10.7 Å². The number of hydrogen-bond acceptors (Lipinski definition) is 5. The van der Waals surface area contributed by atoms with Gasteiger partial charge in [0.25, 0.3) is 0 Å². The Bertz CT molecular complexity index is 772. The van der Waals surface area contributed by atoms with E-state index in [4.69, 9.17) is 17.3 Å². The molecule has 1 aromatic rings. The van der Waals surface area contributed by atoms with Crippen molar-refractivity contribution in [2.45, 2.75) is 55.6 Å². The molecule has 2 rings (SSSR count). The van der Waals surface area contributed by atoms with Gasteiger partial charge in [0.05, 0.1) is 17.2 Å². The van der Waals surface area contributed by atoms with Gasteiger partial charge in [-0.05, 0) is 30.5 Å². The van der Waals surface area contributed by atoms with Gasteiger partial charge in [0, 0.05) is 13.1 Å². The monoisotopic (exact) mass is 435 g/mol. The molecule has 0 unspecified atom stereocenters. The molecule has 0 saturated heterocycles. The first-order valence-corrected chi connectivity index (χ1v) is 11.2. The number of nitrogens with one attached hydrogen (secondary N) is 2. The van der Waals surface area contributed by atoms with E-state index in [1.807, 2.05) is 0 Å². The van der Waals surface area contributed by atoms with Crippen LogP contribution in [0.15, 0.2) is 23.1 Å². The van der Waals surface area contributed by atoms with E-state index in [2.05, 4.69) is 10.0 Å². The van der Waals surface area contributed by atoms with Crippen molar-refractivity contribution in [1.29, 1.82) is 0 Å². The largest absolute Gasteiger partial charge is 0.390 e. The van der Waals surface area contributed by atoms with Crippen molar-refractivity contribution in [3.05, 3.63) is 29.0 Å². The molecule has 1 aromatic carbocycles. The van der Waals surface area contributed by atoms with Crippen molar-refractivity contribution < 1.29 is 22.7 Å². The van der Waals surface area contributed by atoms with Crippen LogP contribution >= 0.6 is 11.6 Å². The maximum atomic E-state index is 13.0. The van der Waals surface area contributed by atoms with E-state index < -0.39 is 28.0 Å². The van der Waals surface area contributed by atoms with Crippen LogP contribution in [-0.2, 0) is 14.8 Å². The number of halogens is 2. The first-order valence-electron chi connectivity index (χ1n) is 9.35. The van der Waals surface area contributed by atoms with Crippen molar-refractivity contribution >= 4 is 27.5 Å². The molecule has 2 atom stereocenters. The van der Waals surface area contributed by atoms with Gasteiger partial charge in [-0.25, -0.2) is 17.5 Å². The number of aliphatic hydroxyl groups excluding tert-OH is 1. The van der Waals surface area contributed by atoms with Crippen molar-refractivity contribution in [3.8, 4) is 0 Å². The second kappa shape index (κ2) is 10.5. The van der Waals surface area contributed by atoms with Crippen molar-refractivity contribution in [1.82, 2.24) is 10.0 Å². The number of amides is 1. The number of aliphatic hydroxyl groups is 1. The van der Waals surface area contributed by atoms with E-state index >= 15 is 0 Å². The Balaban J connectivity index is 1.76. The topological polar surface area (TPSA) is 122 Å². The minimum absolute atomic E-state index is 0.142. The molecule has 0 heterocycles. The molecular weight excluding hydrogens is 409 g/mol. The van der Waals surface area contributed by atoms with Crippen LogP contribution in [0, 0.1) is 11.7 Å². The summed E-state index contributed by atoms with van der Waals surface area (Å²) < 4.78 is 39.6. The highest BCUT2D eigenvalue weighted by Gasteiger charge is 2.23. The lowest BCUT2D eigenvalue weighted by Gasteiger charge is -2.24. The molecule has 1 fully saturated rings. The van der Waals surface area contributed by atoms with Gasteiger partial charge < -0.3 is 16.2 Å². The zero-order valence-corrected chi connectivity index (χ0v) is 17.1. The van der Waals surface area contributed by atoms with Crippen LogP contribution in [-0.4, -0.2) is 44.7 Å². The zero-order valence-electron chi connectivity index (χ0n) is 15.5. The fourth-order valence-corrected chi connectivity index (χ4v) is 4.89. The molecule has 1 saturated carbocycles. The van der Waals surface area contributed by atoms with Crippen molar-refractivity contribution in [2.75, 3.05) is 13.1 Å². The summed E-state index contributed by atoms with van der Waals surface area (Å²) in [7, 11) is -4.02. The third kappa shape index (κ3) is 6.97. The first-order chi connectivity index (χ1) is 13.2. The van der Waals surface area contributed by atoms with Gasteiger partial charge in [0.2, 0.25) is 15.9 Å². The molecule has 1 amide bonds. The summed E-state index contributed by atoms with van der Waals surface area (Å²) in [6.45, 7) is -0.481. The van der Waals surface area contributed by atoms with E-state index in [0.29, 0.717) is 12.3 Å². The lowest BCUT2D eigenvalue weighted by Crippen LogP contribution is -2.46. The molecule has 0 bridgehead atoms. The molecule has 0 aromatic heterocycles. The normalized spacial score (nSPS) is 17.9. The summed E-state index contributed by atoms with van der Waals surface area (Å²) >= 11 is 5.75. The lowest BCUT2D eigenvalue weighted by molar-refractivity contribution is -0.123. The summed E-state index contributed by atoms with van der Waals surface area (Å²) in [6.07, 6.45) is 5.17. The highest BCUT2D eigenvalue weighted by Crippen LogP contribution is 2.27. The molecule has 0 aliphatic heterocycles. The summed E-state index contributed by atoms with van der Waals surface area (Å²) in [5.41, 5.74) is 5.93. The quantitative estimate of drug-likeness (QED) is 0.468. The fourth-order valence-electron chi connectivity index (χ4n) is 3.29. The molecule has 1 aliphatic rings. The Hall–Kier alpha value is -1.26. The van der Waals surface area contributed by atoms with E-state index in [-0.39, 0.29) is 28.9 Å². The minimum Gasteiger partial charge on any atom is -0.390 e.